The molecule has 3 fully saturated rings. The number of aliphatic hydroxyl groups is 2. The highest BCUT2D eigenvalue weighted by Crippen LogP contribution is 2.74. The first kappa shape index (κ1) is 24.9. The van der Waals surface area contributed by atoms with E-state index in [0.29, 0.717) is 11.8 Å². The smallest absolute Gasteiger partial charge is 0.127 e. The Morgan fingerprint density at radius 1 is 1.12 bits per heavy atom. The van der Waals surface area contributed by atoms with Gasteiger partial charge in [0.25, 0.3) is 0 Å². The number of aliphatic hydroxyl groups excluding tert-OH is 2. The van der Waals surface area contributed by atoms with Crippen LogP contribution in [-0.4, -0.2) is 28.7 Å². The fourth-order valence-corrected chi connectivity index (χ4v) is 9.20. The van der Waals surface area contributed by atoms with Gasteiger partial charge in [0.1, 0.15) is 6.29 Å². The number of fused-ring (bicyclic) bond motifs is 5. The molecule has 0 saturated heterocycles. The number of aldehydes is 1. The first-order valence-corrected chi connectivity index (χ1v) is 13.2. The summed E-state index contributed by atoms with van der Waals surface area (Å²) in [6, 6.07) is 0. The average Bonchev–Trinajstić information content (AvgIpc) is 3.01. The zero-order chi connectivity index (χ0) is 24.4. The SMILES string of the molecule is C=C(C)C=CCC(C)C1CC[C@@]2(C)[C@H]3C(O)C=C4[C@@H](CCC(O)C4(C)C)[C@]3(C=O)CC[C@]12C. The largest absolute Gasteiger partial charge is 0.392 e. The van der Waals surface area contributed by atoms with Crippen molar-refractivity contribution < 1.29 is 15.0 Å². The molecular formula is C30H46O3. The predicted molar refractivity (Wildman–Crippen MR) is 134 cm³/mol. The second kappa shape index (κ2) is 8.19. The van der Waals surface area contributed by atoms with E-state index >= 15 is 0 Å². The van der Waals surface area contributed by atoms with Crippen molar-refractivity contribution in [3.05, 3.63) is 36.0 Å². The number of allylic oxidation sites excluding steroid dienone is 3. The molecule has 0 aliphatic heterocycles. The van der Waals surface area contributed by atoms with E-state index in [0.717, 1.165) is 49.7 Å². The van der Waals surface area contributed by atoms with E-state index < -0.39 is 23.0 Å². The average molecular weight is 455 g/mol. The summed E-state index contributed by atoms with van der Waals surface area (Å²) in [6.45, 7) is 17.4. The lowest BCUT2D eigenvalue weighted by Gasteiger charge is -2.66. The molecule has 184 valence electrons. The van der Waals surface area contributed by atoms with Gasteiger partial charge in [-0.3, -0.25) is 0 Å². The van der Waals surface area contributed by atoms with Gasteiger partial charge in [-0.15, -0.1) is 0 Å². The maximum Gasteiger partial charge on any atom is 0.127 e. The number of carbonyl (C=O) groups is 1. The van der Waals surface area contributed by atoms with Crippen LogP contribution in [0.3, 0.4) is 0 Å². The van der Waals surface area contributed by atoms with Crippen molar-refractivity contribution in [3.63, 3.8) is 0 Å². The molecule has 0 amide bonds. The summed E-state index contributed by atoms with van der Waals surface area (Å²) in [5, 5.41) is 22.4. The number of rotatable bonds is 5. The fourth-order valence-electron chi connectivity index (χ4n) is 9.20. The molecule has 33 heavy (non-hydrogen) atoms. The summed E-state index contributed by atoms with van der Waals surface area (Å²) in [6.07, 6.45) is 13.4. The molecule has 3 heteroatoms. The molecule has 4 unspecified atom stereocenters. The van der Waals surface area contributed by atoms with Crippen molar-refractivity contribution in [1.82, 2.24) is 0 Å². The molecule has 0 aromatic heterocycles. The van der Waals surface area contributed by atoms with Gasteiger partial charge in [0.2, 0.25) is 0 Å². The van der Waals surface area contributed by atoms with Crippen LogP contribution in [0.2, 0.25) is 0 Å². The van der Waals surface area contributed by atoms with Crippen molar-refractivity contribution in [2.24, 2.45) is 45.3 Å². The molecule has 3 saturated carbocycles. The summed E-state index contributed by atoms with van der Waals surface area (Å²) in [7, 11) is 0. The number of carbonyl (C=O) groups excluding carboxylic acids is 1. The highest BCUT2D eigenvalue weighted by molar-refractivity contribution is 5.65. The number of hydrogen-bond acceptors (Lipinski definition) is 3. The standard InChI is InChI=1S/C30H46O3/c1-19(2)9-8-10-20(3)21-13-14-29(7)26-24(32)17-23-22(11-12-25(33)27(23,4)5)30(26,18-31)16-15-28(21,29)6/h8-9,17-18,20-22,24-26,32-33H,1,10-16H2,2-7H3/t20?,21?,22-,24?,25?,26-,28-,29+,30-/m1/s1. The first-order chi connectivity index (χ1) is 15.3. The predicted octanol–water partition coefficient (Wildman–Crippen LogP) is 6.26. The van der Waals surface area contributed by atoms with Gasteiger partial charge in [-0.2, -0.15) is 0 Å². The lowest BCUT2D eigenvalue weighted by atomic mass is 9.38. The lowest BCUT2D eigenvalue weighted by Crippen LogP contribution is -2.64. The molecule has 2 N–H and O–H groups in total. The van der Waals surface area contributed by atoms with Crippen LogP contribution in [0, 0.1) is 45.3 Å². The van der Waals surface area contributed by atoms with Crippen LogP contribution in [0.5, 0.6) is 0 Å². The van der Waals surface area contributed by atoms with Crippen LogP contribution in [0.15, 0.2) is 36.0 Å². The molecular weight excluding hydrogens is 408 g/mol. The van der Waals surface area contributed by atoms with E-state index in [-0.39, 0.29) is 22.7 Å². The molecule has 0 bridgehead atoms. The lowest BCUT2D eigenvalue weighted by molar-refractivity contribution is -0.182. The van der Waals surface area contributed by atoms with E-state index in [2.05, 4.69) is 59.4 Å². The Morgan fingerprint density at radius 3 is 2.45 bits per heavy atom. The van der Waals surface area contributed by atoms with Crippen molar-refractivity contribution in [2.45, 2.75) is 98.7 Å². The highest BCUT2D eigenvalue weighted by Gasteiger charge is 2.70. The summed E-state index contributed by atoms with van der Waals surface area (Å²) in [5.41, 5.74) is 1.33. The number of hydrogen-bond donors (Lipinski definition) is 2. The third kappa shape index (κ3) is 3.39. The Morgan fingerprint density at radius 2 is 1.82 bits per heavy atom. The molecule has 0 heterocycles. The van der Waals surface area contributed by atoms with E-state index in [1.807, 2.05) is 6.92 Å². The molecule has 4 aliphatic carbocycles. The first-order valence-electron chi connectivity index (χ1n) is 13.2. The van der Waals surface area contributed by atoms with E-state index in [1.54, 1.807) is 0 Å². The van der Waals surface area contributed by atoms with Crippen molar-refractivity contribution in [3.8, 4) is 0 Å². The zero-order valence-corrected chi connectivity index (χ0v) is 21.7. The molecule has 0 radical (unpaired) electrons. The van der Waals surface area contributed by atoms with Crippen molar-refractivity contribution in [2.75, 3.05) is 0 Å². The Balaban J connectivity index is 1.73. The van der Waals surface area contributed by atoms with Gasteiger partial charge in [-0.05, 0) is 80.5 Å². The minimum atomic E-state index is -0.631. The van der Waals surface area contributed by atoms with Gasteiger partial charge in [-0.1, -0.05) is 70.6 Å². The van der Waals surface area contributed by atoms with Gasteiger partial charge in [0.05, 0.1) is 12.2 Å². The summed E-state index contributed by atoms with van der Waals surface area (Å²) in [5.74, 6) is 1.23. The fraction of sp³-hybridized carbons (Fsp3) is 0.767. The Hall–Kier alpha value is -1.19. The quantitative estimate of drug-likeness (QED) is 0.293. The van der Waals surface area contributed by atoms with Crippen LogP contribution >= 0.6 is 0 Å². The van der Waals surface area contributed by atoms with Gasteiger partial charge in [0.15, 0.2) is 0 Å². The van der Waals surface area contributed by atoms with Gasteiger partial charge in [0, 0.05) is 16.7 Å². The summed E-state index contributed by atoms with van der Waals surface area (Å²) in [4.78, 5) is 13.0. The van der Waals surface area contributed by atoms with Crippen molar-refractivity contribution in [1.29, 1.82) is 0 Å². The molecule has 4 rings (SSSR count). The Kier molecular flexibility index (Phi) is 6.19. The van der Waals surface area contributed by atoms with E-state index in [4.69, 9.17) is 0 Å². The summed E-state index contributed by atoms with van der Waals surface area (Å²) >= 11 is 0. The van der Waals surface area contributed by atoms with E-state index in [9.17, 15) is 15.0 Å². The minimum absolute atomic E-state index is 0.0517. The van der Waals surface area contributed by atoms with Crippen LogP contribution in [-0.2, 0) is 4.79 Å². The minimum Gasteiger partial charge on any atom is -0.392 e. The second-order valence-corrected chi connectivity index (χ2v) is 13.1. The molecule has 0 aromatic carbocycles. The molecule has 4 aliphatic rings. The van der Waals surface area contributed by atoms with Gasteiger partial charge >= 0.3 is 0 Å². The van der Waals surface area contributed by atoms with Gasteiger partial charge in [-0.25, -0.2) is 0 Å². The molecule has 0 spiro atoms. The van der Waals surface area contributed by atoms with Gasteiger partial charge < -0.3 is 15.0 Å². The Labute approximate surface area is 201 Å². The third-order valence-electron chi connectivity index (χ3n) is 11.3. The highest BCUT2D eigenvalue weighted by atomic mass is 16.3. The van der Waals surface area contributed by atoms with Crippen LogP contribution < -0.4 is 0 Å². The summed E-state index contributed by atoms with van der Waals surface area (Å²) < 4.78 is 0. The zero-order valence-electron chi connectivity index (χ0n) is 21.7. The molecule has 0 aromatic rings. The molecule has 3 nitrogen and oxygen atoms in total. The topological polar surface area (TPSA) is 57.5 Å². The Bertz CT molecular complexity index is 868. The van der Waals surface area contributed by atoms with E-state index in [1.165, 1.54) is 12.7 Å². The van der Waals surface area contributed by atoms with Crippen LogP contribution in [0.25, 0.3) is 0 Å². The van der Waals surface area contributed by atoms with Crippen LogP contribution in [0.1, 0.15) is 86.5 Å². The maximum absolute atomic E-state index is 13.0. The third-order valence-corrected chi connectivity index (χ3v) is 11.3. The second-order valence-electron chi connectivity index (χ2n) is 13.1. The molecule has 9 atom stereocenters. The normalized spacial score (nSPS) is 47.3. The monoisotopic (exact) mass is 454 g/mol. The van der Waals surface area contributed by atoms with Crippen molar-refractivity contribution >= 4 is 6.29 Å². The van der Waals surface area contributed by atoms with Crippen LogP contribution in [0.4, 0.5) is 0 Å². The maximum atomic E-state index is 13.0.